The van der Waals surface area contributed by atoms with Gasteiger partial charge in [0.2, 0.25) is 5.91 Å². The first kappa shape index (κ1) is 18.2. The molecule has 0 aromatic heterocycles. The highest BCUT2D eigenvalue weighted by Crippen LogP contribution is 2.19. The maximum Gasteiger partial charge on any atom is 0.329 e. The van der Waals surface area contributed by atoms with E-state index in [-0.39, 0.29) is 24.0 Å². The van der Waals surface area contributed by atoms with Crippen LogP contribution in [0, 0.1) is 5.92 Å². The van der Waals surface area contributed by atoms with Gasteiger partial charge in [0.15, 0.2) is 11.9 Å². The van der Waals surface area contributed by atoms with Gasteiger partial charge in [-0.15, -0.1) is 0 Å². The summed E-state index contributed by atoms with van der Waals surface area (Å²) in [5, 5.41) is 2.74. The maximum absolute atomic E-state index is 12.4. The summed E-state index contributed by atoms with van der Waals surface area (Å²) < 4.78 is 5.37. The van der Waals surface area contributed by atoms with Crippen LogP contribution >= 0.6 is 0 Å². The van der Waals surface area contributed by atoms with Crippen LogP contribution in [-0.2, 0) is 25.5 Å². The standard InChI is InChI=1S/C19H25NO4/c1-13(2)18(19(23)24-16-11-7-6-10-15(16)21)20-17(22)12-14-8-4-3-5-9-14/h3-5,8-9,13,16,18H,6-7,10-12H2,1-2H3,(H,20,22)/t16-,18+/m1/s1. The van der Waals surface area contributed by atoms with Gasteiger partial charge in [-0.2, -0.15) is 0 Å². The molecule has 0 heterocycles. The predicted octanol–water partition coefficient (Wildman–Crippen LogP) is 2.42. The number of carbonyl (C=O) groups is 3. The van der Waals surface area contributed by atoms with Crippen LogP contribution in [-0.4, -0.2) is 29.8 Å². The molecule has 0 saturated heterocycles. The third-order valence-electron chi connectivity index (χ3n) is 4.20. The van der Waals surface area contributed by atoms with Crippen molar-refractivity contribution >= 4 is 17.7 Å². The fraction of sp³-hybridized carbons (Fsp3) is 0.526. The molecular formula is C19H25NO4. The largest absolute Gasteiger partial charge is 0.453 e. The smallest absolute Gasteiger partial charge is 0.329 e. The number of ketones is 1. The summed E-state index contributed by atoms with van der Waals surface area (Å²) in [6.45, 7) is 3.69. The normalized spacial score (nSPS) is 19.0. The van der Waals surface area contributed by atoms with E-state index in [1.807, 2.05) is 44.2 Å². The van der Waals surface area contributed by atoms with E-state index in [0.717, 1.165) is 18.4 Å². The number of benzene rings is 1. The molecule has 0 radical (unpaired) electrons. The predicted molar refractivity (Wildman–Crippen MR) is 90.3 cm³/mol. The van der Waals surface area contributed by atoms with Crippen molar-refractivity contribution in [3.63, 3.8) is 0 Å². The maximum atomic E-state index is 12.4. The van der Waals surface area contributed by atoms with E-state index in [1.54, 1.807) is 0 Å². The first-order chi connectivity index (χ1) is 11.5. The van der Waals surface area contributed by atoms with Crippen LogP contribution in [0.25, 0.3) is 0 Å². The summed E-state index contributed by atoms with van der Waals surface area (Å²) in [5.74, 6) is -0.887. The number of ether oxygens (including phenoxy) is 1. The molecule has 1 aromatic carbocycles. The lowest BCUT2D eigenvalue weighted by Crippen LogP contribution is -2.47. The molecular weight excluding hydrogens is 306 g/mol. The van der Waals surface area contributed by atoms with Crippen LogP contribution < -0.4 is 5.32 Å². The molecule has 2 atom stereocenters. The highest BCUT2D eigenvalue weighted by molar-refractivity contribution is 5.89. The van der Waals surface area contributed by atoms with E-state index in [9.17, 15) is 14.4 Å². The van der Waals surface area contributed by atoms with Crippen LogP contribution in [0.15, 0.2) is 30.3 Å². The van der Waals surface area contributed by atoms with Crippen molar-refractivity contribution < 1.29 is 19.1 Å². The second-order valence-electron chi connectivity index (χ2n) is 6.59. The minimum Gasteiger partial charge on any atom is -0.453 e. The molecule has 5 nitrogen and oxygen atoms in total. The molecule has 2 rings (SSSR count). The number of amides is 1. The highest BCUT2D eigenvalue weighted by Gasteiger charge is 2.31. The van der Waals surface area contributed by atoms with Gasteiger partial charge < -0.3 is 10.1 Å². The molecule has 0 bridgehead atoms. The topological polar surface area (TPSA) is 72.5 Å². The fourth-order valence-electron chi connectivity index (χ4n) is 2.79. The third kappa shape index (κ3) is 5.18. The second kappa shape index (κ2) is 8.62. The van der Waals surface area contributed by atoms with E-state index in [1.165, 1.54) is 0 Å². The summed E-state index contributed by atoms with van der Waals surface area (Å²) in [4.78, 5) is 36.4. The summed E-state index contributed by atoms with van der Waals surface area (Å²) in [6, 6.07) is 8.61. The Bertz CT molecular complexity index is 582. The van der Waals surface area contributed by atoms with Crippen molar-refractivity contribution in [1.29, 1.82) is 0 Å². The summed E-state index contributed by atoms with van der Waals surface area (Å²) in [5.41, 5.74) is 0.883. The van der Waals surface area contributed by atoms with Gasteiger partial charge >= 0.3 is 5.97 Å². The van der Waals surface area contributed by atoms with Gasteiger partial charge in [0.05, 0.1) is 6.42 Å². The number of nitrogens with one attached hydrogen (secondary N) is 1. The molecule has 1 N–H and O–H groups in total. The van der Waals surface area contributed by atoms with Crippen molar-refractivity contribution in [2.45, 2.75) is 58.1 Å². The minimum atomic E-state index is -0.740. The lowest BCUT2D eigenvalue weighted by atomic mass is 9.96. The van der Waals surface area contributed by atoms with Gasteiger partial charge in [-0.05, 0) is 30.7 Å². The molecule has 1 aliphatic rings. The number of Topliss-reactive ketones (excluding diaryl/α,β-unsaturated/α-hetero) is 1. The van der Waals surface area contributed by atoms with Crippen molar-refractivity contribution in [3.8, 4) is 0 Å². The Kier molecular flexibility index (Phi) is 6.53. The van der Waals surface area contributed by atoms with Crippen LogP contribution in [0.2, 0.25) is 0 Å². The average molecular weight is 331 g/mol. The van der Waals surface area contributed by atoms with E-state index in [0.29, 0.717) is 12.8 Å². The van der Waals surface area contributed by atoms with Gasteiger partial charge in [0, 0.05) is 6.42 Å². The molecule has 130 valence electrons. The zero-order valence-corrected chi connectivity index (χ0v) is 14.3. The van der Waals surface area contributed by atoms with E-state index >= 15 is 0 Å². The minimum absolute atomic E-state index is 0.0206. The quantitative estimate of drug-likeness (QED) is 0.813. The van der Waals surface area contributed by atoms with Crippen molar-refractivity contribution in [2.75, 3.05) is 0 Å². The first-order valence-corrected chi connectivity index (χ1v) is 8.54. The van der Waals surface area contributed by atoms with Crippen LogP contribution in [0.3, 0.4) is 0 Å². The molecule has 1 aliphatic carbocycles. The molecule has 1 aromatic rings. The van der Waals surface area contributed by atoms with Gasteiger partial charge in [-0.25, -0.2) is 4.79 Å². The summed E-state index contributed by atoms with van der Waals surface area (Å²) in [7, 11) is 0. The number of hydrogen-bond donors (Lipinski definition) is 1. The Hall–Kier alpha value is -2.17. The van der Waals surface area contributed by atoms with Gasteiger partial charge in [0.1, 0.15) is 6.04 Å². The van der Waals surface area contributed by atoms with E-state index in [4.69, 9.17) is 4.74 Å². The summed E-state index contributed by atoms with van der Waals surface area (Å²) in [6.07, 6.45) is 2.33. The molecule has 1 amide bonds. The highest BCUT2D eigenvalue weighted by atomic mass is 16.5. The van der Waals surface area contributed by atoms with Gasteiger partial charge in [-0.3, -0.25) is 9.59 Å². The van der Waals surface area contributed by atoms with Crippen LogP contribution in [0.1, 0.15) is 45.1 Å². The number of rotatable bonds is 6. The van der Waals surface area contributed by atoms with Crippen molar-refractivity contribution in [1.82, 2.24) is 5.32 Å². The zero-order chi connectivity index (χ0) is 17.5. The second-order valence-corrected chi connectivity index (χ2v) is 6.59. The molecule has 1 fully saturated rings. The fourth-order valence-corrected chi connectivity index (χ4v) is 2.79. The molecule has 0 unspecified atom stereocenters. The Morgan fingerprint density at radius 3 is 2.54 bits per heavy atom. The first-order valence-electron chi connectivity index (χ1n) is 8.54. The lowest BCUT2D eigenvalue weighted by molar-refractivity contribution is -0.160. The van der Waals surface area contributed by atoms with Gasteiger partial charge in [-0.1, -0.05) is 44.2 Å². The molecule has 5 heteroatoms. The van der Waals surface area contributed by atoms with Crippen molar-refractivity contribution in [3.05, 3.63) is 35.9 Å². The SMILES string of the molecule is CC(C)[C@H](NC(=O)Cc1ccccc1)C(=O)O[C@@H]1CCCCC1=O. The van der Waals surface area contributed by atoms with E-state index < -0.39 is 18.1 Å². The Balaban J connectivity index is 1.94. The van der Waals surface area contributed by atoms with Crippen LogP contribution in [0.5, 0.6) is 0 Å². The monoisotopic (exact) mass is 331 g/mol. The number of hydrogen-bond acceptors (Lipinski definition) is 4. The molecule has 0 spiro atoms. The zero-order valence-electron chi connectivity index (χ0n) is 14.3. The number of carbonyl (C=O) groups excluding carboxylic acids is 3. The molecule has 24 heavy (non-hydrogen) atoms. The molecule has 1 saturated carbocycles. The Labute approximate surface area is 142 Å². The van der Waals surface area contributed by atoms with E-state index in [2.05, 4.69) is 5.32 Å². The Morgan fingerprint density at radius 1 is 1.21 bits per heavy atom. The Morgan fingerprint density at radius 2 is 1.92 bits per heavy atom. The number of esters is 1. The average Bonchev–Trinajstić information content (AvgIpc) is 2.55. The third-order valence-corrected chi connectivity index (χ3v) is 4.20. The van der Waals surface area contributed by atoms with Gasteiger partial charge in [0.25, 0.3) is 0 Å². The van der Waals surface area contributed by atoms with Crippen molar-refractivity contribution in [2.24, 2.45) is 5.92 Å². The summed E-state index contributed by atoms with van der Waals surface area (Å²) >= 11 is 0. The molecule has 0 aliphatic heterocycles. The van der Waals surface area contributed by atoms with Crippen LogP contribution in [0.4, 0.5) is 0 Å². The lowest BCUT2D eigenvalue weighted by Gasteiger charge is -2.26.